The molecule has 2 atom stereocenters. The van der Waals surface area contributed by atoms with Gasteiger partial charge in [0.2, 0.25) is 0 Å². The van der Waals surface area contributed by atoms with Gasteiger partial charge in [-0.05, 0) is 42.2 Å². The number of ether oxygens (including phenoxy) is 1. The van der Waals surface area contributed by atoms with Gasteiger partial charge < -0.3 is 10.1 Å². The molecule has 118 valence electrons. The van der Waals surface area contributed by atoms with Gasteiger partial charge in [0.05, 0.1) is 12.7 Å². The monoisotopic (exact) mass is 307 g/mol. The Morgan fingerprint density at radius 3 is 2.86 bits per heavy atom. The summed E-state index contributed by atoms with van der Waals surface area (Å²) in [5.74, 6) is 3.18. The van der Waals surface area contributed by atoms with Crippen molar-refractivity contribution in [2.75, 3.05) is 24.7 Å². The van der Waals surface area contributed by atoms with E-state index in [9.17, 15) is 0 Å². The summed E-state index contributed by atoms with van der Waals surface area (Å²) >= 11 is 2.06. The van der Waals surface area contributed by atoms with Crippen molar-refractivity contribution in [1.82, 2.24) is 5.32 Å². The topological polar surface area (TPSA) is 21.3 Å². The van der Waals surface area contributed by atoms with Crippen LogP contribution in [-0.2, 0) is 11.2 Å². The Kier molecular flexibility index (Phi) is 7.08. The first kappa shape index (κ1) is 16.9. The lowest BCUT2D eigenvalue weighted by Gasteiger charge is -2.29. The van der Waals surface area contributed by atoms with E-state index in [0.29, 0.717) is 6.04 Å². The van der Waals surface area contributed by atoms with Gasteiger partial charge >= 0.3 is 0 Å². The van der Waals surface area contributed by atoms with Gasteiger partial charge in [-0.15, -0.1) is 0 Å². The minimum Gasteiger partial charge on any atom is -0.373 e. The number of rotatable bonds is 8. The van der Waals surface area contributed by atoms with E-state index in [2.05, 4.69) is 62.1 Å². The average molecular weight is 308 g/mol. The zero-order valence-corrected chi connectivity index (χ0v) is 14.4. The molecule has 1 aliphatic heterocycles. The number of thioether (sulfide) groups is 1. The quantitative estimate of drug-likeness (QED) is 0.782. The van der Waals surface area contributed by atoms with E-state index in [1.54, 1.807) is 0 Å². The fourth-order valence-corrected chi connectivity index (χ4v) is 4.02. The van der Waals surface area contributed by atoms with Crippen LogP contribution < -0.4 is 5.32 Å². The van der Waals surface area contributed by atoms with Crippen molar-refractivity contribution in [2.24, 2.45) is 5.92 Å². The molecule has 2 nitrogen and oxygen atoms in total. The molecule has 0 saturated carbocycles. The van der Waals surface area contributed by atoms with Gasteiger partial charge in [0.25, 0.3) is 0 Å². The largest absolute Gasteiger partial charge is 0.373 e. The second kappa shape index (κ2) is 8.82. The first-order valence-electron chi connectivity index (χ1n) is 8.21. The van der Waals surface area contributed by atoms with Crippen LogP contribution in [0, 0.1) is 5.92 Å². The molecule has 0 amide bonds. The third kappa shape index (κ3) is 5.32. The molecule has 2 unspecified atom stereocenters. The standard InChI is InChI=1S/C18H29NOS/c1-4-19-16(13-21-12-14(2)3)11-18-17-8-6-5-7-15(17)9-10-20-18/h5-8,14,16,18-19H,4,9-13H2,1-3H3. The number of hydrogen-bond acceptors (Lipinski definition) is 3. The zero-order chi connectivity index (χ0) is 15.1. The molecule has 1 heterocycles. The highest BCUT2D eigenvalue weighted by Gasteiger charge is 2.23. The maximum Gasteiger partial charge on any atom is 0.0842 e. The van der Waals surface area contributed by atoms with Crippen molar-refractivity contribution in [3.05, 3.63) is 35.4 Å². The molecule has 0 aromatic heterocycles. The SMILES string of the molecule is CCNC(CSCC(C)C)CC1OCCc2ccccc21. The highest BCUT2D eigenvalue weighted by molar-refractivity contribution is 7.99. The van der Waals surface area contributed by atoms with Gasteiger partial charge in [0.15, 0.2) is 0 Å². The van der Waals surface area contributed by atoms with E-state index < -0.39 is 0 Å². The molecule has 0 fully saturated rings. The normalized spacial score (nSPS) is 19.5. The summed E-state index contributed by atoms with van der Waals surface area (Å²) in [7, 11) is 0. The van der Waals surface area contributed by atoms with E-state index in [1.165, 1.54) is 22.6 Å². The van der Waals surface area contributed by atoms with Gasteiger partial charge in [-0.1, -0.05) is 45.0 Å². The number of hydrogen-bond donors (Lipinski definition) is 1. The van der Waals surface area contributed by atoms with Crippen molar-refractivity contribution >= 4 is 11.8 Å². The average Bonchev–Trinajstić information content (AvgIpc) is 2.47. The molecular formula is C18H29NOS. The number of fused-ring (bicyclic) bond motifs is 1. The predicted molar refractivity (Wildman–Crippen MR) is 93.1 cm³/mol. The van der Waals surface area contributed by atoms with Crippen LogP contribution in [0.3, 0.4) is 0 Å². The van der Waals surface area contributed by atoms with Crippen molar-refractivity contribution in [3.63, 3.8) is 0 Å². The number of benzene rings is 1. The van der Waals surface area contributed by atoms with E-state index in [4.69, 9.17) is 4.74 Å². The summed E-state index contributed by atoms with van der Waals surface area (Å²) in [5.41, 5.74) is 2.87. The van der Waals surface area contributed by atoms with E-state index in [-0.39, 0.29) is 6.10 Å². The van der Waals surface area contributed by atoms with Crippen LogP contribution >= 0.6 is 11.8 Å². The summed E-state index contributed by atoms with van der Waals surface area (Å²) in [5, 5.41) is 3.63. The van der Waals surface area contributed by atoms with Crippen LogP contribution in [0.25, 0.3) is 0 Å². The maximum atomic E-state index is 6.06. The minimum atomic E-state index is 0.263. The predicted octanol–water partition coefficient (Wildman–Crippen LogP) is 4.06. The molecule has 3 heteroatoms. The molecule has 0 spiro atoms. The lowest BCUT2D eigenvalue weighted by Crippen LogP contribution is -2.34. The Morgan fingerprint density at radius 2 is 2.10 bits per heavy atom. The van der Waals surface area contributed by atoms with Gasteiger partial charge in [0.1, 0.15) is 0 Å². The lowest BCUT2D eigenvalue weighted by atomic mass is 9.94. The molecule has 0 radical (unpaired) electrons. The summed E-state index contributed by atoms with van der Waals surface area (Å²) in [6.45, 7) is 8.65. The van der Waals surface area contributed by atoms with E-state index >= 15 is 0 Å². The smallest absolute Gasteiger partial charge is 0.0842 e. The second-order valence-electron chi connectivity index (χ2n) is 6.23. The summed E-state index contributed by atoms with van der Waals surface area (Å²) in [4.78, 5) is 0. The molecule has 2 rings (SSSR count). The van der Waals surface area contributed by atoms with Crippen molar-refractivity contribution in [2.45, 2.75) is 45.8 Å². The van der Waals surface area contributed by atoms with Crippen LogP contribution in [0.4, 0.5) is 0 Å². The van der Waals surface area contributed by atoms with Gasteiger partial charge in [-0.3, -0.25) is 0 Å². The maximum absolute atomic E-state index is 6.06. The van der Waals surface area contributed by atoms with Crippen LogP contribution in [0.5, 0.6) is 0 Å². The Labute approximate surface area is 134 Å². The first-order valence-corrected chi connectivity index (χ1v) is 9.36. The van der Waals surface area contributed by atoms with Crippen molar-refractivity contribution in [3.8, 4) is 0 Å². The Morgan fingerprint density at radius 1 is 1.29 bits per heavy atom. The zero-order valence-electron chi connectivity index (χ0n) is 13.6. The summed E-state index contributed by atoms with van der Waals surface area (Å²) < 4.78 is 6.06. The molecular weight excluding hydrogens is 278 g/mol. The fourth-order valence-electron chi connectivity index (χ4n) is 2.88. The first-order chi connectivity index (χ1) is 10.2. The van der Waals surface area contributed by atoms with Crippen LogP contribution in [-0.4, -0.2) is 30.7 Å². The highest BCUT2D eigenvalue weighted by Crippen LogP contribution is 2.31. The fraction of sp³-hybridized carbons (Fsp3) is 0.667. The van der Waals surface area contributed by atoms with E-state index in [1.807, 2.05) is 0 Å². The number of nitrogens with one attached hydrogen (secondary N) is 1. The second-order valence-corrected chi connectivity index (χ2v) is 7.30. The van der Waals surface area contributed by atoms with Crippen molar-refractivity contribution < 1.29 is 4.74 Å². The molecule has 1 N–H and O–H groups in total. The van der Waals surface area contributed by atoms with Gasteiger partial charge in [-0.25, -0.2) is 0 Å². The Hall–Kier alpha value is -0.510. The molecule has 21 heavy (non-hydrogen) atoms. The Bertz CT molecular complexity index is 421. The van der Waals surface area contributed by atoms with Crippen LogP contribution in [0.2, 0.25) is 0 Å². The minimum absolute atomic E-state index is 0.263. The van der Waals surface area contributed by atoms with Gasteiger partial charge in [-0.2, -0.15) is 11.8 Å². The molecule has 1 aromatic rings. The molecule has 0 saturated heterocycles. The summed E-state index contributed by atoms with van der Waals surface area (Å²) in [6.07, 6.45) is 2.40. The molecule has 0 aliphatic carbocycles. The molecule has 1 aliphatic rings. The molecule has 0 bridgehead atoms. The Balaban J connectivity index is 1.94. The third-order valence-electron chi connectivity index (χ3n) is 3.85. The van der Waals surface area contributed by atoms with Crippen LogP contribution in [0.1, 0.15) is 44.4 Å². The molecule has 1 aromatic carbocycles. The summed E-state index contributed by atoms with van der Waals surface area (Å²) in [6, 6.07) is 9.30. The lowest BCUT2D eigenvalue weighted by molar-refractivity contribution is 0.0312. The third-order valence-corrected chi connectivity index (χ3v) is 5.39. The van der Waals surface area contributed by atoms with Gasteiger partial charge in [0, 0.05) is 11.8 Å². The van der Waals surface area contributed by atoms with E-state index in [0.717, 1.165) is 31.9 Å². The highest BCUT2D eigenvalue weighted by atomic mass is 32.2. The van der Waals surface area contributed by atoms with Crippen LogP contribution in [0.15, 0.2) is 24.3 Å². The van der Waals surface area contributed by atoms with Crippen molar-refractivity contribution in [1.29, 1.82) is 0 Å².